The lowest BCUT2D eigenvalue weighted by Gasteiger charge is -2.31. The summed E-state index contributed by atoms with van der Waals surface area (Å²) in [7, 11) is 1.59. The summed E-state index contributed by atoms with van der Waals surface area (Å²) >= 11 is 5.90. The van der Waals surface area contributed by atoms with Crippen LogP contribution in [0.25, 0.3) is 0 Å². The van der Waals surface area contributed by atoms with Crippen molar-refractivity contribution in [3.63, 3.8) is 0 Å². The van der Waals surface area contributed by atoms with E-state index in [2.05, 4.69) is 6.92 Å². The van der Waals surface area contributed by atoms with Crippen molar-refractivity contribution in [2.45, 2.75) is 26.4 Å². The minimum absolute atomic E-state index is 0.0547. The Hall–Kier alpha value is -2.20. The Balaban J connectivity index is 1.70. The minimum Gasteiger partial charge on any atom is -0.493 e. The first-order valence-corrected chi connectivity index (χ1v) is 9.29. The Labute approximate surface area is 159 Å². The number of likely N-dealkylation sites (tertiary alicyclic amines) is 1. The van der Waals surface area contributed by atoms with Gasteiger partial charge in [0.1, 0.15) is 6.61 Å². The lowest BCUT2D eigenvalue weighted by atomic mass is 9.99. The van der Waals surface area contributed by atoms with Crippen LogP contribution in [0.4, 0.5) is 0 Å². The molecule has 1 fully saturated rings. The number of nitrogens with zero attached hydrogens (tertiary/aromatic N) is 1. The summed E-state index contributed by atoms with van der Waals surface area (Å²) in [5, 5.41) is 0.696. The first-order valence-electron chi connectivity index (χ1n) is 8.91. The molecule has 1 aliphatic rings. The van der Waals surface area contributed by atoms with Crippen LogP contribution in [0.15, 0.2) is 42.5 Å². The molecule has 0 saturated carbocycles. The molecule has 4 nitrogen and oxygen atoms in total. The van der Waals surface area contributed by atoms with E-state index in [1.165, 1.54) is 6.42 Å². The van der Waals surface area contributed by atoms with Gasteiger partial charge in [-0.2, -0.15) is 0 Å². The Morgan fingerprint density at radius 2 is 1.96 bits per heavy atom. The third-order valence-electron chi connectivity index (χ3n) is 4.66. The van der Waals surface area contributed by atoms with Crippen molar-refractivity contribution in [1.29, 1.82) is 0 Å². The van der Waals surface area contributed by atoms with Crippen molar-refractivity contribution in [2.75, 3.05) is 20.2 Å². The highest BCUT2D eigenvalue weighted by atomic mass is 35.5. The predicted octanol–water partition coefficient (Wildman–Crippen LogP) is 4.80. The number of piperidine rings is 1. The molecule has 1 atom stereocenters. The number of carbonyl (C=O) groups excluding carboxylic acids is 1. The van der Waals surface area contributed by atoms with Crippen molar-refractivity contribution < 1.29 is 14.3 Å². The fraction of sp³-hybridized carbons (Fsp3) is 0.381. The summed E-state index contributed by atoms with van der Waals surface area (Å²) in [5.41, 5.74) is 1.65. The van der Waals surface area contributed by atoms with Gasteiger partial charge in [0, 0.05) is 23.7 Å². The van der Waals surface area contributed by atoms with Crippen LogP contribution in [-0.4, -0.2) is 31.0 Å². The molecule has 138 valence electrons. The number of ether oxygens (including phenoxy) is 2. The van der Waals surface area contributed by atoms with Gasteiger partial charge in [-0.3, -0.25) is 4.79 Å². The van der Waals surface area contributed by atoms with Crippen LogP contribution in [0, 0.1) is 5.92 Å². The lowest BCUT2D eigenvalue weighted by molar-refractivity contribution is 0.0682. The van der Waals surface area contributed by atoms with E-state index in [-0.39, 0.29) is 5.91 Å². The zero-order chi connectivity index (χ0) is 18.5. The summed E-state index contributed by atoms with van der Waals surface area (Å²) in [4.78, 5) is 14.7. The smallest absolute Gasteiger partial charge is 0.254 e. The predicted molar refractivity (Wildman–Crippen MR) is 103 cm³/mol. The number of amides is 1. The van der Waals surface area contributed by atoms with Crippen molar-refractivity contribution in [3.8, 4) is 11.5 Å². The first-order chi connectivity index (χ1) is 12.6. The molecule has 2 aromatic rings. The number of hydrogen-bond donors (Lipinski definition) is 0. The molecule has 3 rings (SSSR count). The van der Waals surface area contributed by atoms with Crippen LogP contribution in [0.1, 0.15) is 35.7 Å². The second-order valence-corrected chi connectivity index (χ2v) is 7.22. The second-order valence-electron chi connectivity index (χ2n) is 6.78. The fourth-order valence-corrected chi connectivity index (χ4v) is 3.34. The summed E-state index contributed by atoms with van der Waals surface area (Å²) in [6.45, 7) is 4.23. The average Bonchev–Trinajstić information content (AvgIpc) is 2.67. The van der Waals surface area contributed by atoms with E-state index >= 15 is 0 Å². The molecule has 0 N–H and O–H groups in total. The van der Waals surface area contributed by atoms with Crippen molar-refractivity contribution >= 4 is 17.5 Å². The highest BCUT2D eigenvalue weighted by Gasteiger charge is 2.23. The maximum absolute atomic E-state index is 12.8. The highest BCUT2D eigenvalue weighted by molar-refractivity contribution is 6.30. The van der Waals surface area contributed by atoms with Crippen LogP contribution in [-0.2, 0) is 6.61 Å². The monoisotopic (exact) mass is 373 g/mol. The van der Waals surface area contributed by atoms with E-state index < -0.39 is 0 Å². The average molecular weight is 374 g/mol. The molecule has 0 bridgehead atoms. The van der Waals surface area contributed by atoms with E-state index in [0.717, 1.165) is 25.1 Å². The van der Waals surface area contributed by atoms with E-state index in [1.807, 2.05) is 29.2 Å². The van der Waals surface area contributed by atoms with Crippen LogP contribution in [0.5, 0.6) is 11.5 Å². The number of rotatable bonds is 5. The van der Waals surface area contributed by atoms with E-state index in [0.29, 0.717) is 34.6 Å². The SMILES string of the molecule is COc1cc(C(=O)N2CCCC(C)C2)ccc1OCc1ccc(Cl)cc1. The van der Waals surface area contributed by atoms with Gasteiger partial charge in [0.15, 0.2) is 11.5 Å². The van der Waals surface area contributed by atoms with Gasteiger partial charge in [-0.05, 0) is 54.7 Å². The van der Waals surface area contributed by atoms with Gasteiger partial charge in [0.2, 0.25) is 0 Å². The van der Waals surface area contributed by atoms with Crippen molar-refractivity contribution in [2.24, 2.45) is 5.92 Å². The molecule has 1 heterocycles. The maximum atomic E-state index is 12.8. The largest absolute Gasteiger partial charge is 0.493 e. The maximum Gasteiger partial charge on any atom is 0.254 e. The van der Waals surface area contributed by atoms with Crippen LogP contribution in [0.2, 0.25) is 5.02 Å². The molecule has 5 heteroatoms. The van der Waals surface area contributed by atoms with Gasteiger partial charge in [-0.15, -0.1) is 0 Å². The normalized spacial score (nSPS) is 17.0. The topological polar surface area (TPSA) is 38.8 Å². The Kier molecular flexibility index (Phi) is 6.04. The summed E-state index contributed by atoms with van der Waals surface area (Å²) in [6, 6.07) is 12.9. The number of benzene rings is 2. The number of halogens is 1. The van der Waals surface area contributed by atoms with Gasteiger partial charge in [-0.25, -0.2) is 0 Å². The highest BCUT2D eigenvalue weighted by Crippen LogP contribution is 2.30. The first kappa shape index (κ1) is 18.6. The molecule has 26 heavy (non-hydrogen) atoms. The molecule has 1 aliphatic heterocycles. The summed E-state index contributed by atoms with van der Waals surface area (Å²) in [6.07, 6.45) is 2.25. The van der Waals surface area contributed by atoms with E-state index in [4.69, 9.17) is 21.1 Å². The summed E-state index contributed by atoms with van der Waals surface area (Å²) < 4.78 is 11.3. The second kappa shape index (κ2) is 8.45. The molecule has 1 amide bonds. The molecule has 2 aromatic carbocycles. The fourth-order valence-electron chi connectivity index (χ4n) is 3.22. The third kappa shape index (κ3) is 4.50. The lowest BCUT2D eigenvalue weighted by Crippen LogP contribution is -2.39. The Bertz CT molecular complexity index is 760. The number of hydrogen-bond acceptors (Lipinski definition) is 3. The van der Waals surface area contributed by atoms with Gasteiger partial charge in [0.25, 0.3) is 5.91 Å². The third-order valence-corrected chi connectivity index (χ3v) is 4.91. The molecular formula is C21H24ClNO3. The summed E-state index contributed by atoms with van der Waals surface area (Å²) in [5.74, 6) is 1.79. The van der Waals surface area contributed by atoms with Crippen molar-refractivity contribution in [1.82, 2.24) is 4.90 Å². The van der Waals surface area contributed by atoms with Crippen LogP contribution >= 0.6 is 11.6 Å². The molecule has 0 aromatic heterocycles. The van der Waals surface area contributed by atoms with Crippen LogP contribution < -0.4 is 9.47 Å². The Morgan fingerprint density at radius 3 is 2.65 bits per heavy atom. The van der Waals surface area contributed by atoms with Gasteiger partial charge >= 0.3 is 0 Å². The molecule has 1 unspecified atom stereocenters. The molecule has 0 spiro atoms. The zero-order valence-electron chi connectivity index (χ0n) is 15.2. The number of carbonyl (C=O) groups is 1. The molecule has 1 saturated heterocycles. The van der Waals surface area contributed by atoms with Gasteiger partial charge in [-0.1, -0.05) is 30.7 Å². The molecule has 0 radical (unpaired) electrons. The molecule has 0 aliphatic carbocycles. The van der Waals surface area contributed by atoms with E-state index in [1.54, 1.807) is 25.3 Å². The number of methoxy groups -OCH3 is 1. The van der Waals surface area contributed by atoms with Gasteiger partial charge < -0.3 is 14.4 Å². The van der Waals surface area contributed by atoms with Crippen molar-refractivity contribution in [3.05, 3.63) is 58.6 Å². The standard InChI is InChI=1S/C21H24ClNO3/c1-15-4-3-11-23(13-15)21(24)17-7-10-19(20(12-17)25-2)26-14-16-5-8-18(22)9-6-16/h5-10,12,15H,3-4,11,13-14H2,1-2H3. The minimum atomic E-state index is 0.0547. The quantitative estimate of drug-likeness (QED) is 0.755. The Morgan fingerprint density at radius 1 is 1.19 bits per heavy atom. The molecular weight excluding hydrogens is 350 g/mol. The zero-order valence-corrected chi connectivity index (χ0v) is 16.0. The van der Waals surface area contributed by atoms with Crippen LogP contribution in [0.3, 0.4) is 0 Å². The van der Waals surface area contributed by atoms with Gasteiger partial charge in [0.05, 0.1) is 7.11 Å². The van der Waals surface area contributed by atoms with E-state index in [9.17, 15) is 4.79 Å².